The number of nitrogens with zero attached hydrogens (tertiary/aromatic N) is 3. The van der Waals surface area contributed by atoms with E-state index in [9.17, 15) is 19.5 Å². The van der Waals surface area contributed by atoms with Crippen LogP contribution in [-0.2, 0) is 19.0 Å². The van der Waals surface area contributed by atoms with Gasteiger partial charge in [-0.3, -0.25) is 4.79 Å². The highest BCUT2D eigenvalue weighted by molar-refractivity contribution is 5.90. The third-order valence-corrected chi connectivity index (χ3v) is 4.89. The summed E-state index contributed by atoms with van der Waals surface area (Å²) in [6.07, 6.45) is -4.09. The molecule has 2 aromatic rings. The third kappa shape index (κ3) is 6.07. The van der Waals surface area contributed by atoms with Crippen molar-refractivity contribution in [1.29, 1.82) is 0 Å². The molecule has 1 aliphatic rings. The Morgan fingerprint density at radius 3 is 2.18 bits per heavy atom. The lowest BCUT2D eigenvalue weighted by Gasteiger charge is -2.42. The Morgan fingerprint density at radius 2 is 1.64 bits per heavy atom. The summed E-state index contributed by atoms with van der Waals surface area (Å²) < 4.78 is 16.3. The van der Waals surface area contributed by atoms with Crippen LogP contribution in [0.4, 0.5) is 0 Å². The summed E-state index contributed by atoms with van der Waals surface area (Å²) in [6, 6.07) is 13.8. The molecule has 0 unspecified atom stereocenters. The van der Waals surface area contributed by atoms with Gasteiger partial charge in [0.05, 0.1) is 11.1 Å². The lowest BCUT2D eigenvalue weighted by molar-refractivity contribution is -0.221. The van der Waals surface area contributed by atoms with Crippen molar-refractivity contribution in [2.75, 3.05) is 6.61 Å². The Labute approximate surface area is 188 Å². The molecular formula is C22H22N4O7. The first-order valence-electron chi connectivity index (χ1n) is 10.0. The van der Waals surface area contributed by atoms with Crippen molar-refractivity contribution in [1.82, 2.24) is 5.32 Å². The second kappa shape index (κ2) is 11.1. The number of benzene rings is 2. The Hall–Kier alpha value is -3.92. The van der Waals surface area contributed by atoms with Gasteiger partial charge in [0.1, 0.15) is 30.9 Å². The summed E-state index contributed by atoms with van der Waals surface area (Å²) in [5.74, 6) is -1.95. The van der Waals surface area contributed by atoms with Gasteiger partial charge in [-0.25, -0.2) is 9.59 Å². The number of esters is 2. The predicted octanol–water partition coefficient (Wildman–Crippen LogP) is 1.97. The molecule has 0 aliphatic carbocycles. The molecule has 5 atom stereocenters. The van der Waals surface area contributed by atoms with Gasteiger partial charge in [-0.2, -0.15) is 0 Å². The molecule has 0 saturated carbocycles. The van der Waals surface area contributed by atoms with Gasteiger partial charge in [0.25, 0.3) is 0 Å². The molecule has 172 valence electrons. The molecule has 0 radical (unpaired) electrons. The van der Waals surface area contributed by atoms with Crippen molar-refractivity contribution in [3.63, 3.8) is 0 Å². The Morgan fingerprint density at radius 1 is 1.06 bits per heavy atom. The molecule has 33 heavy (non-hydrogen) atoms. The molecule has 1 heterocycles. The van der Waals surface area contributed by atoms with Gasteiger partial charge in [-0.15, -0.1) is 0 Å². The predicted molar refractivity (Wildman–Crippen MR) is 114 cm³/mol. The van der Waals surface area contributed by atoms with Crippen LogP contribution in [0.25, 0.3) is 10.4 Å². The highest BCUT2D eigenvalue weighted by Gasteiger charge is 2.48. The first-order chi connectivity index (χ1) is 15.9. The number of nitrogens with one attached hydrogen (secondary N) is 1. The number of azide groups is 1. The minimum absolute atomic E-state index is 0.215. The van der Waals surface area contributed by atoms with Crippen LogP contribution in [0.5, 0.6) is 0 Å². The molecule has 1 aliphatic heterocycles. The maximum atomic E-state index is 12.7. The number of carbonyl (C=O) groups is 3. The fraction of sp³-hybridized carbons (Fsp3) is 0.318. The van der Waals surface area contributed by atoms with E-state index in [2.05, 4.69) is 15.3 Å². The van der Waals surface area contributed by atoms with Crippen molar-refractivity contribution in [3.8, 4) is 0 Å². The molecule has 2 N–H and O–H groups in total. The Kier molecular flexibility index (Phi) is 7.98. The zero-order valence-corrected chi connectivity index (χ0v) is 17.6. The van der Waals surface area contributed by atoms with Crippen molar-refractivity contribution in [2.24, 2.45) is 5.11 Å². The van der Waals surface area contributed by atoms with Crippen LogP contribution < -0.4 is 5.32 Å². The van der Waals surface area contributed by atoms with Gasteiger partial charge in [-0.05, 0) is 29.8 Å². The topological polar surface area (TPSA) is 160 Å². The average Bonchev–Trinajstić information content (AvgIpc) is 2.82. The number of carbonyl (C=O) groups excluding carboxylic acids is 3. The quantitative estimate of drug-likeness (QED) is 0.280. The van der Waals surface area contributed by atoms with E-state index in [-0.39, 0.29) is 11.1 Å². The van der Waals surface area contributed by atoms with Crippen LogP contribution >= 0.6 is 0 Å². The molecule has 1 amide bonds. The lowest BCUT2D eigenvalue weighted by atomic mass is 9.94. The van der Waals surface area contributed by atoms with Crippen LogP contribution in [0.3, 0.4) is 0 Å². The maximum Gasteiger partial charge on any atom is 0.338 e. The fourth-order valence-corrected chi connectivity index (χ4v) is 3.38. The Bertz CT molecular complexity index is 1030. The summed E-state index contributed by atoms with van der Waals surface area (Å²) in [5.41, 5.74) is 9.60. The van der Waals surface area contributed by atoms with Gasteiger partial charge in [0.2, 0.25) is 5.91 Å². The van der Waals surface area contributed by atoms with Crippen LogP contribution in [0, 0.1) is 0 Å². The van der Waals surface area contributed by atoms with Gasteiger partial charge in [0.15, 0.2) is 6.29 Å². The average molecular weight is 454 g/mol. The minimum atomic E-state index is -1.63. The van der Waals surface area contributed by atoms with E-state index < -0.39 is 55.0 Å². The summed E-state index contributed by atoms with van der Waals surface area (Å²) in [4.78, 5) is 39.5. The number of amides is 1. The second-order valence-electron chi connectivity index (χ2n) is 7.19. The summed E-state index contributed by atoms with van der Waals surface area (Å²) in [7, 11) is 0. The van der Waals surface area contributed by atoms with E-state index in [0.717, 1.165) is 0 Å². The number of hydrogen-bond acceptors (Lipinski definition) is 8. The molecule has 3 rings (SSSR count). The second-order valence-corrected chi connectivity index (χ2v) is 7.19. The monoisotopic (exact) mass is 454 g/mol. The number of aliphatic hydroxyl groups is 1. The molecule has 2 aromatic carbocycles. The number of ether oxygens (including phenoxy) is 3. The summed E-state index contributed by atoms with van der Waals surface area (Å²) in [5, 5.41) is 16.6. The largest absolute Gasteiger partial charge is 0.459 e. The van der Waals surface area contributed by atoms with E-state index in [0.29, 0.717) is 0 Å². The van der Waals surface area contributed by atoms with E-state index in [4.69, 9.17) is 19.7 Å². The zero-order chi connectivity index (χ0) is 23.8. The van der Waals surface area contributed by atoms with Crippen molar-refractivity contribution in [2.45, 2.75) is 37.5 Å². The fourth-order valence-electron chi connectivity index (χ4n) is 3.38. The van der Waals surface area contributed by atoms with E-state index in [1.807, 2.05) is 0 Å². The van der Waals surface area contributed by atoms with E-state index in [1.54, 1.807) is 48.5 Å². The molecule has 1 fully saturated rings. The molecule has 0 spiro atoms. The first-order valence-corrected chi connectivity index (χ1v) is 10.0. The van der Waals surface area contributed by atoms with Crippen molar-refractivity contribution in [3.05, 3.63) is 82.2 Å². The molecular weight excluding hydrogens is 432 g/mol. The lowest BCUT2D eigenvalue weighted by Crippen LogP contribution is -2.64. The standard InChI is InChI=1S/C22H22N4O7/c1-13(27)24-18-19(33-21(29)15-10-6-3-7-11-15)17(25-26-23)16(32-22(18)30)12-31-20(28)14-8-4-2-5-9-14/h2-11,16-19,22,30H,12H2,1H3,(H,24,27)/t16-,17-,18-,19+,22+/m1/s1. The zero-order valence-electron chi connectivity index (χ0n) is 17.6. The van der Waals surface area contributed by atoms with Crippen LogP contribution in [0.15, 0.2) is 65.8 Å². The van der Waals surface area contributed by atoms with Gasteiger partial charge in [-0.1, -0.05) is 41.5 Å². The molecule has 0 aromatic heterocycles. The van der Waals surface area contributed by atoms with Crippen LogP contribution in [-0.4, -0.2) is 60.1 Å². The summed E-state index contributed by atoms with van der Waals surface area (Å²) >= 11 is 0. The first kappa shape index (κ1) is 23.7. The summed E-state index contributed by atoms with van der Waals surface area (Å²) in [6.45, 7) is 0.805. The minimum Gasteiger partial charge on any atom is -0.459 e. The van der Waals surface area contributed by atoms with Gasteiger partial charge in [0, 0.05) is 11.8 Å². The smallest absolute Gasteiger partial charge is 0.338 e. The number of hydrogen-bond donors (Lipinski definition) is 2. The highest BCUT2D eigenvalue weighted by atomic mass is 16.6. The normalized spacial score (nSPS) is 24.1. The SMILES string of the molecule is CC(=O)N[C@@H]1[C@@H](OC(=O)c2ccccc2)[C@H](N=[N+]=[N-])[C@@H](COC(=O)c2ccccc2)O[C@@H]1O. The van der Waals surface area contributed by atoms with E-state index in [1.165, 1.54) is 19.1 Å². The maximum absolute atomic E-state index is 12.7. The van der Waals surface area contributed by atoms with Gasteiger partial charge < -0.3 is 24.6 Å². The third-order valence-electron chi connectivity index (χ3n) is 4.89. The number of rotatable bonds is 7. The van der Waals surface area contributed by atoms with Crippen molar-refractivity contribution < 1.29 is 33.7 Å². The van der Waals surface area contributed by atoms with Gasteiger partial charge >= 0.3 is 11.9 Å². The highest BCUT2D eigenvalue weighted by Crippen LogP contribution is 2.27. The number of aliphatic hydroxyl groups excluding tert-OH is 1. The molecule has 11 heteroatoms. The Balaban J connectivity index is 1.84. The molecule has 1 saturated heterocycles. The van der Waals surface area contributed by atoms with Crippen molar-refractivity contribution >= 4 is 17.8 Å². The molecule has 0 bridgehead atoms. The van der Waals surface area contributed by atoms with Crippen LogP contribution in [0.1, 0.15) is 27.6 Å². The van der Waals surface area contributed by atoms with E-state index >= 15 is 0 Å². The molecule has 11 nitrogen and oxygen atoms in total. The van der Waals surface area contributed by atoms with Crippen LogP contribution in [0.2, 0.25) is 0 Å².